The molecule has 0 aliphatic carbocycles. The molecule has 0 saturated carbocycles. The fourth-order valence-corrected chi connectivity index (χ4v) is 2.50. The van der Waals surface area contributed by atoms with Crippen molar-refractivity contribution in [2.45, 2.75) is 5.50 Å². The van der Waals surface area contributed by atoms with E-state index in [0.29, 0.717) is 13.2 Å². The van der Waals surface area contributed by atoms with Crippen molar-refractivity contribution in [1.82, 2.24) is 15.3 Å². The van der Waals surface area contributed by atoms with E-state index in [4.69, 9.17) is 4.55 Å². The summed E-state index contributed by atoms with van der Waals surface area (Å²) in [4.78, 5) is 1.94. The minimum absolute atomic E-state index is 0.0850. The van der Waals surface area contributed by atoms with Gasteiger partial charge in [-0.2, -0.15) is 8.42 Å². The highest BCUT2D eigenvalue weighted by Crippen LogP contribution is 2.15. The molecule has 1 aliphatic rings. The smallest absolute Gasteiger partial charge is 0.266 e. The first-order valence-electron chi connectivity index (χ1n) is 4.11. The van der Waals surface area contributed by atoms with Crippen LogP contribution in [-0.2, 0) is 10.1 Å². The molecule has 0 radical (unpaired) electrons. The van der Waals surface area contributed by atoms with Crippen molar-refractivity contribution >= 4 is 21.9 Å². The Morgan fingerprint density at radius 3 is 2.79 bits per heavy atom. The highest BCUT2D eigenvalue weighted by atomic mass is 32.2. The molecule has 14 heavy (non-hydrogen) atoms. The van der Waals surface area contributed by atoms with Crippen molar-refractivity contribution in [3.05, 3.63) is 0 Å². The maximum absolute atomic E-state index is 10.6. The van der Waals surface area contributed by atoms with E-state index in [0.717, 1.165) is 0 Å². The van der Waals surface area contributed by atoms with Crippen LogP contribution in [0.25, 0.3) is 0 Å². The van der Waals surface area contributed by atoms with Gasteiger partial charge in [-0.3, -0.25) is 9.45 Å². The van der Waals surface area contributed by atoms with Crippen molar-refractivity contribution in [2.75, 3.05) is 32.3 Å². The molecule has 1 saturated heterocycles. The zero-order chi connectivity index (χ0) is 10.8. The predicted octanol–water partition coefficient (Wildman–Crippen LogP) is -0.770. The van der Waals surface area contributed by atoms with E-state index >= 15 is 0 Å². The van der Waals surface area contributed by atoms with Crippen LogP contribution in [0.4, 0.5) is 0 Å². The molecule has 84 valence electrons. The van der Waals surface area contributed by atoms with Gasteiger partial charge in [0.1, 0.15) is 5.50 Å². The van der Waals surface area contributed by atoms with Gasteiger partial charge in [0.25, 0.3) is 10.1 Å². The predicted molar refractivity (Wildman–Crippen MR) is 56.2 cm³/mol. The van der Waals surface area contributed by atoms with Crippen LogP contribution in [0, 0.1) is 0 Å². The molecule has 0 aromatic heterocycles. The van der Waals surface area contributed by atoms with E-state index in [1.165, 1.54) is 0 Å². The first kappa shape index (κ1) is 12.2. The number of nitrogens with zero attached hydrogens (tertiary/aromatic N) is 2. The van der Waals surface area contributed by atoms with E-state index < -0.39 is 10.1 Å². The van der Waals surface area contributed by atoms with Crippen LogP contribution in [0.5, 0.6) is 0 Å². The molecule has 6 nitrogen and oxygen atoms in total. The van der Waals surface area contributed by atoms with Gasteiger partial charge in [-0.1, -0.05) is 0 Å². The summed E-state index contributed by atoms with van der Waals surface area (Å²) in [6.07, 6.45) is 1.94. The molecule has 1 aliphatic heterocycles. The third-order valence-corrected chi connectivity index (χ3v) is 3.46. The van der Waals surface area contributed by atoms with Crippen molar-refractivity contribution in [2.24, 2.45) is 0 Å². The van der Waals surface area contributed by atoms with Crippen LogP contribution in [0.3, 0.4) is 0 Å². The van der Waals surface area contributed by atoms with Crippen LogP contribution in [0.1, 0.15) is 0 Å². The van der Waals surface area contributed by atoms with Gasteiger partial charge in [-0.15, -0.1) is 11.8 Å². The Bertz CT molecular complexity index is 282. The summed E-state index contributed by atoms with van der Waals surface area (Å²) < 4.78 is 29.7. The summed E-state index contributed by atoms with van der Waals surface area (Å²) in [5, 5.41) is 1.88. The highest BCUT2D eigenvalue weighted by molar-refractivity contribution is 7.99. The second-order valence-corrected chi connectivity index (χ2v) is 5.64. The van der Waals surface area contributed by atoms with Gasteiger partial charge in [0.15, 0.2) is 0 Å². The molecular weight excluding hydrogens is 226 g/mol. The van der Waals surface area contributed by atoms with Gasteiger partial charge >= 0.3 is 0 Å². The van der Waals surface area contributed by atoms with Crippen LogP contribution in [0.15, 0.2) is 0 Å². The lowest BCUT2D eigenvalue weighted by Gasteiger charge is -2.19. The molecular formula is C6H15N3O3S2. The fraction of sp³-hybridized carbons (Fsp3) is 1.00. The van der Waals surface area contributed by atoms with Gasteiger partial charge in [-0.05, 0) is 6.26 Å². The molecule has 0 spiro atoms. The Morgan fingerprint density at radius 2 is 2.29 bits per heavy atom. The van der Waals surface area contributed by atoms with Crippen molar-refractivity contribution in [3.8, 4) is 0 Å². The van der Waals surface area contributed by atoms with E-state index in [-0.39, 0.29) is 11.3 Å². The summed E-state index contributed by atoms with van der Waals surface area (Å²) in [6, 6.07) is 0. The zero-order valence-corrected chi connectivity index (χ0v) is 9.81. The monoisotopic (exact) mass is 241 g/mol. The Balaban J connectivity index is 2.44. The second kappa shape index (κ2) is 4.77. The van der Waals surface area contributed by atoms with E-state index in [9.17, 15) is 8.42 Å². The number of nitrogens with one attached hydrogen (secondary N) is 1. The first-order chi connectivity index (χ1) is 6.42. The highest BCUT2D eigenvalue weighted by Gasteiger charge is 2.27. The summed E-state index contributed by atoms with van der Waals surface area (Å²) in [5.41, 5.74) is 3.22. The number of rotatable bonds is 4. The Morgan fingerprint density at radius 1 is 1.64 bits per heavy atom. The molecule has 0 aromatic carbocycles. The van der Waals surface area contributed by atoms with Gasteiger partial charge in [-0.25, -0.2) is 10.4 Å². The maximum Gasteiger partial charge on any atom is 0.266 e. The third kappa shape index (κ3) is 3.71. The Labute approximate surface area is 88.3 Å². The van der Waals surface area contributed by atoms with Crippen LogP contribution < -0.4 is 5.43 Å². The molecule has 0 aromatic rings. The van der Waals surface area contributed by atoms with Crippen LogP contribution in [0.2, 0.25) is 0 Å². The van der Waals surface area contributed by atoms with Crippen molar-refractivity contribution in [3.63, 3.8) is 0 Å². The Kier molecular flexibility index (Phi) is 4.16. The molecule has 1 heterocycles. The van der Waals surface area contributed by atoms with Gasteiger partial charge in [0, 0.05) is 13.6 Å². The largest absolute Gasteiger partial charge is 0.286 e. The summed E-state index contributed by atoms with van der Waals surface area (Å²) in [6.45, 7) is 0.989. The molecule has 1 rings (SSSR count). The van der Waals surface area contributed by atoms with E-state index in [2.05, 4.69) is 5.43 Å². The zero-order valence-electron chi connectivity index (χ0n) is 8.17. The second-order valence-electron chi connectivity index (χ2n) is 3.15. The lowest BCUT2D eigenvalue weighted by Crippen LogP contribution is -2.36. The third-order valence-electron chi connectivity index (χ3n) is 1.92. The minimum Gasteiger partial charge on any atom is -0.286 e. The summed E-state index contributed by atoms with van der Waals surface area (Å²) in [7, 11) is -1.97. The van der Waals surface area contributed by atoms with Gasteiger partial charge in [0.2, 0.25) is 0 Å². The molecule has 0 bridgehead atoms. The van der Waals surface area contributed by atoms with Gasteiger partial charge < -0.3 is 0 Å². The topological polar surface area (TPSA) is 72.9 Å². The number of hydrogen-bond acceptors (Lipinski definition) is 6. The van der Waals surface area contributed by atoms with E-state index in [1.807, 2.05) is 23.2 Å². The minimum atomic E-state index is -3.86. The van der Waals surface area contributed by atoms with Gasteiger partial charge in [0.05, 0.1) is 12.4 Å². The fourth-order valence-electron chi connectivity index (χ4n) is 1.28. The Hall–Kier alpha value is 0.140. The maximum atomic E-state index is 10.6. The van der Waals surface area contributed by atoms with Crippen molar-refractivity contribution in [1.29, 1.82) is 0 Å². The lowest BCUT2D eigenvalue weighted by molar-refractivity contribution is 0.264. The molecule has 1 unspecified atom stereocenters. The van der Waals surface area contributed by atoms with E-state index in [1.54, 1.807) is 11.8 Å². The average molecular weight is 241 g/mol. The average Bonchev–Trinajstić information content (AvgIpc) is 2.41. The summed E-state index contributed by atoms with van der Waals surface area (Å²) in [5.74, 6) is -0.223. The van der Waals surface area contributed by atoms with Crippen LogP contribution >= 0.6 is 11.8 Å². The SMILES string of the molecule is CSC1NN(C)CN1CCS(=O)(=O)O. The first-order valence-corrected chi connectivity index (χ1v) is 7.01. The number of hydrazine groups is 1. The van der Waals surface area contributed by atoms with Crippen LogP contribution in [-0.4, -0.2) is 60.6 Å². The quantitative estimate of drug-likeness (QED) is 0.626. The normalized spacial score (nSPS) is 25.8. The lowest BCUT2D eigenvalue weighted by atomic mass is 10.6. The summed E-state index contributed by atoms with van der Waals surface area (Å²) >= 11 is 1.59. The molecule has 8 heteroatoms. The van der Waals surface area contributed by atoms with Crippen molar-refractivity contribution < 1.29 is 13.0 Å². The number of thioether (sulfide) groups is 1. The number of hydrogen-bond donors (Lipinski definition) is 2. The standard InChI is InChI=1S/C6H15N3O3S2/c1-8-5-9(6(7-8)13-2)3-4-14(10,11)12/h6-7H,3-5H2,1-2H3,(H,10,11,12). The molecule has 2 N–H and O–H groups in total. The molecule has 0 amide bonds. The molecule has 1 atom stereocenters. The molecule has 1 fully saturated rings.